The molecule has 1 heterocycles. The van der Waals surface area contributed by atoms with Crippen LogP contribution in [0.2, 0.25) is 0 Å². The van der Waals surface area contributed by atoms with Gasteiger partial charge in [0.2, 0.25) is 0 Å². The number of thiocarbonyl (C=S) groups is 1. The first-order chi connectivity index (χ1) is 14.0. The third kappa shape index (κ3) is 4.20. The van der Waals surface area contributed by atoms with Crippen LogP contribution in [0.15, 0.2) is 60.7 Å². The van der Waals surface area contributed by atoms with Gasteiger partial charge >= 0.3 is 0 Å². The Balaban J connectivity index is 2.06. The van der Waals surface area contributed by atoms with Gasteiger partial charge in [-0.2, -0.15) is 0 Å². The van der Waals surface area contributed by atoms with E-state index in [9.17, 15) is 14.7 Å². The Labute approximate surface area is 174 Å². The number of hydrogen-bond donors (Lipinski definition) is 2. The van der Waals surface area contributed by atoms with Gasteiger partial charge in [-0.15, -0.1) is 6.58 Å². The molecule has 1 fully saturated rings. The molecule has 0 aromatic heterocycles. The second kappa shape index (κ2) is 8.70. The lowest BCUT2D eigenvalue weighted by molar-refractivity contribution is -0.122. The van der Waals surface area contributed by atoms with Crippen LogP contribution in [0.5, 0.6) is 11.5 Å². The molecule has 29 heavy (non-hydrogen) atoms. The third-order valence-corrected chi connectivity index (χ3v) is 4.55. The first kappa shape index (κ1) is 20.3. The minimum atomic E-state index is -0.580. The van der Waals surface area contributed by atoms with Gasteiger partial charge in [0, 0.05) is 5.56 Å². The van der Waals surface area contributed by atoms with E-state index in [1.807, 2.05) is 6.07 Å². The summed E-state index contributed by atoms with van der Waals surface area (Å²) in [4.78, 5) is 26.8. The maximum atomic E-state index is 13.1. The van der Waals surface area contributed by atoms with Crippen LogP contribution in [0.25, 0.3) is 6.08 Å². The number of anilines is 1. The minimum Gasteiger partial charge on any atom is -0.504 e. The van der Waals surface area contributed by atoms with E-state index in [0.717, 1.165) is 0 Å². The van der Waals surface area contributed by atoms with E-state index in [0.29, 0.717) is 29.8 Å². The number of carbonyl (C=O) groups excluding carboxylic acids is 2. The molecule has 6 nitrogen and oxygen atoms in total. The summed E-state index contributed by atoms with van der Waals surface area (Å²) in [5.41, 5.74) is 1.61. The van der Waals surface area contributed by atoms with Crippen molar-refractivity contribution in [2.24, 2.45) is 0 Å². The van der Waals surface area contributed by atoms with Crippen molar-refractivity contribution < 1.29 is 19.4 Å². The lowest BCUT2D eigenvalue weighted by Gasteiger charge is -2.28. The molecule has 0 saturated carbocycles. The lowest BCUT2D eigenvalue weighted by atomic mass is 10.0. The monoisotopic (exact) mass is 408 g/mol. The zero-order valence-electron chi connectivity index (χ0n) is 15.8. The van der Waals surface area contributed by atoms with Gasteiger partial charge in [0.1, 0.15) is 5.57 Å². The van der Waals surface area contributed by atoms with Crippen LogP contribution in [0.1, 0.15) is 18.1 Å². The summed E-state index contributed by atoms with van der Waals surface area (Å²) in [6.45, 7) is 5.85. The highest BCUT2D eigenvalue weighted by molar-refractivity contribution is 7.80. The SMILES string of the molecule is C=CCc1cc(/C=C2\C(=O)NC(=S)N(c3ccccc3)C2=O)cc(OCC)c1O. The number of nitrogens with one attached hydrogen (secondary N) is 1. The second-order valence-corrected chi connectivity index (χ2v) is 6.63. The van der Waals surface area contributed by atoms with Gasteiger partial charge < -0.3 is 9.84 Å². The maximum absolute atomic E-state index is 13.1. The molecule has 2 aromatic rings. The molecule has 1 aliphatic rings. The number of amides is 2. The van der Waals surface area contributed by atoms with Crippen molar-refractivity contribution in [3.05, 3.63) is 71.8 Å². The quantitative estimate of drug-likeness (QED) is 0.332. The molecule has 2 amide bonds. The van der Waals surface area contributed by atoms with Gasteiger partial charge in [0.15, 0.2) is 16.6 Å². The second-order valence-electron chi connectivity index (χ2n) is 6.25. The highest BCUT2D eigenvalue weighted by Crippen LogP contribution is 2.33. The predicted molar refractivity (Wildman–Crippen MR) is 116 cm³/mol. The van der Waals surface area contributed by atoms with Crippen LogP contribution in [0.4, 0.5) is 5.69 Å². The molecule has 0 bridgehead atoms. The van der Waals surface area contributed by atoms with Crippen LogP contribution in [-0.4, -0.2) is 28.6 Å². The number of ether oxygens (including phenoxy) is 1. The summed E-state index contributed by atoms with van der Waals surface area (Å²) in [6.07, 6.45) is 3.52. The first-order valence-corrected chi connectivity index (χ1v) is 9.43. The fraction of sp³-hybridized carbons (Fsp3) is 0.136. The van der Waals surface area contributed by atoms with E-state index in [1.54, 1.807) is 49.4 Å². The number of carbonyl (C=O) groups is 2. The standard InChI is InChI=1S/C22H20N2O4S/c1-3-8-15-11-14(13-18(19(15)25)28-4-2)12-17-20(26)23-22(29)24(21(17)27)16-9-6-5-7-10-16/h3,5-7,9-13,25H,1,4,8H2,2H3,(H,23,26,29)/b17-12+. The minimum absolute atomic E-state index is 0.0143. The van der Waals surface area contributed by atoms with Crippen molar-refractivity contribution in [2.75, 3.05) is 11.5 Å². The van der Waals surface area contributed by atoms with Gasteiger partial charge in [-0.05, 0) is 61.5 Å². The molecule has 0 radical (unpaired) electrons. The molecular formula is C22H20N2O4S. The van der Waals surface area contributed by atoms with Crippen LogP contribution in [0, 0.1) is 0 Å². The number of para-hydroxylation sites is 1. The number of hydrogen-bond acceptors (Lipinski definition) is 5. The topological polar surface area (TPSA) is 78.9 Å². The van der Waals surface area contributed by atoms with Crippen molar-refractivity contribution >= 4 is 40.9 Å². The fourth-order valence-corrected chi connectivity index (χ4v) is 3.27. The number of allylic oxidation sites excluding steroid dienone is 1. The Morgan fingerprint density at radius 3 is 2.62 bits per heavy atom. The van der Waals surface area contributed by atoms with Gasteiger partial charge in [0.05, 0.1) is 12.3 Å². The highest BCUT2D eigenvalue weighted by atomic mass is 32.1. The summed E-state index contributed by atoms with van der Waals surface area (Å²) in [7, 11) is 0. The zero-order valence-corrected chi connectivity index (χ0v) is 16.7. The maximum Gasteiger partial charge on any atom is 0.270 e. The molecule has 0 unspecified atom stereocenters. The van der Waals surface area contributed by atoms with Crippen LogP contribution in [0.3, 0.4) is 0 Å². The molecule has 0 atom stereocenters. The lowest BCUT2D eigenvalue weighted by Crippen LogP contribution is -2.54. The summed E-state index contributed by atoms with van der Waals surface area (Å²) >= 11 is 5.19. The molecule has 1 saturated heterocycles. The average molecular weight is 408 g/mol. The van der Waals surface area contributed by atoms with E-state index in [1.165, 1.54) is 11.0 Å². The summed E-state index contributed by atoms with van der Waals surface area (Å²) in [6, 6.07) is 12.1. The third-order valence-electron chi connectivity index (χ3n) is 4.27. The summed E-state index contributed by atoms with van der Waals surface area (Å²) in [5.74, 6) is -0.817. The van der Waals surface area contributed by atoms with Crippen molar-refractivity contribution in [3.63, 3.8) is 0 Å². The summed E-state index contributed by atoms with van der Waals surface area (Å²) < 4.78 is 5.48. The van der Waals surface area contributed by atoms with Crippen LogP contribution in [-0.2, 0) is 16.0 Å². The largest absolute Gasteiger partial charge is 0.504 e. The van der Waals surface area contributed by atoms with E-state index in [4.69, 9.17) is 17.0 Å². The zero-order chi connectivity index (χ0) is 21.0. The van der Waals surface area contributed by atoms with Gasteiger partial charge in [0.25, 0.3) is 11.8 Å². The number of aromatic hydroxyl groups is 1. The molecule has 1 aliphatic heterocycles. The Morgan fingerprint density at radius 1 is 1.24 bits per heavy atom. The smallest absolute Gasteiger partial charge is 0.270 e. The molecule has 2 N–H and O–H groups in total. The van der Waals surface area contributed by atoms with Gasteiger partial charge in [-0.1, -0.05) is 24.3 Å². The number of nitrogens with zero attached hydrogens (tertiary/aromatic N) is 1. The molecule has 0 aliphatic carbocycles. The predicted octanol–water partition coefficient (Wildman–Crippen LogP) is 3.35. The van der Waals surface area contributed by atoms with E-state index in [-0.39, 0.29) is 22.2 Å². The molecule has 7 heteroatoms. The number of rotatable bonds is 6. The molecule has 2 aromatic carbocycles. The number of phenolic OH excluding ortho intramolecular Hbond substituents is 1. The normalized spacial score (nSPS) is 15.4. The molecule has 148 valence electrons. The van der Waals surface area contributed by atoms with Crippen LogP contribution < -0.4 is 15.0 Å². The number of benzene rings is 2. The van der Waals surface area contributed by atoms with Crippen molar-refractivity contribution in [3.8, 4) is 11.5 Å². The van der Waals surface area contributed by atoms with Crippen molar-refractivity contribution in [2.45, 2.75) is 13.3 Å². The Hall–Kier alpha value is -3.45. The highest BCUT2D eigenvalue weighted by Gasteiger charge is 2.34. The van der Waals surface area contributed by atoms with Crippen molar-refractivity contribution in [1.29, 1.82) is 0 Å². The Kier molecular flexibility index (Phi) is 6.09. The molecule has 3 rings (SSSR count). The number of phenols is 1. The van der Waals surface area contributed by atoms with E-state index >= 15 is 0 Å². The average Bonchev–Trinajstić information content (AvgIpc) is 2.69. The van der Waals surface area contributed by atoms with Gasteiger partial charge in [-0.3, -0.25) is 19.8 Å². The first-order valence-electron chi connectivity index (χ1n) is 9.02. The van der Waals surface area contributed by atoms with Crippen LogP contribution >= 0.6 is 12.2 Å². The van der Waals surface area contributed by atoms with Crippen molar-refractivity contribution in [1.82, 2.24) is 5.32 Å². The fourth-order valence-electron chi connectivity index (χ4n) is 2.98. The summed E-state index contributed by atoms with van der Waals surface area (Å²) in [5, 5.41) is 12.9. The van der Waals surface area contributed by atoms with Gasteiger partial charge in [-0.25, -0.2) is 0 Å². The Bertz CT molecular complexity index is 1010. The van der Waals surface area contributed by atoms with E-state index < -0.39 is 11.8 Å². The van der Waals surface area contributed by atoms with E-state index in [2.05, 4.69) is 11.9 Å². The molecule has 0 spiro atoms. The Morgan fingerprint density at radius 2 is 1.97 bits per heavy atom. The molecular weight excluding hydrogens is 388 g/mol.